The number of benzene rings is 1. The molecule has 1 aliphatic rings. The van der Waals surface area contributed by atoms with Gasteiger partial charge < -0.3 is 13.7 Å². The molecule has 0 spiro atoms. The standard InChI is InChI=1S/C22H18ClN3O5/c1-30-22(29)15-6-9-20(27)25(12-15)13-21(28)26-18(19-3-2-10-31-19)11-17(24-26)14-4-7-16(23)8-5-14/h2-10,12,18H,11,13H2,1H3. The number of hydrogen-bond acceptors (Lipinski definition) is 6. The maximum absolute atomic E-state index is 13.1. The van der Waals surface area contributed by atoms with Crippen molar-refractivity contribution in [2.45, 2.75) is 19.0 Å². The van der Waals surface area contributed by atoms with E-state index in [1.165, 1.54) is 36.7 Å². The van der Waals surface area contributed by atoms with Crippen LogP contribution in [0.15, 0.2) is 75.3 Å². The second kappa shape index (κ2) is 8.61. The van der Waals surface area contributed by atoms with Crippen LogP contribution in [0, 0.1) is 0 Å². The molecule has 9 heteroatoms. The second-order valence-corrected chi connectivity index (χ2v) is 7.34. The summed E-state index contributed by atoms with van der Waals surface area (Å²) in [4.78, 5) is 37.1. The first-order chi connectivity index (χ1) is 15.0. The van der Waals surface area contributed by atoms with Crippen LogP contribution in [-0.4, -0.2) is 34.3 Å². The van der Waals surface area contributed by atoms with Gasteiger partial charge in [0.15, 0.2) is 0 Å². The van der Waals surface area contributed by atoms with Crippen LogP contribution >= 0.6 is 11.6 Å². The average molecular weight is 440 g/mol. The molecule has 1 aromatic carbocycles. The molecule has 0 fully saturated rings. The number of halogens is 1. The van der Waals surface area contributed by atoms with Gasteiger partial charge in [-0.1, -0.05) is 23.7 Å². The Morgan fingerprint density at radius 1 is 1.19 bits per heavy atom. The average Bonchev–Trinajstić information content (AvgIpc) is 3.45. The fourth-order valence-electron chi connectivity index (χ4n) is 3.37. The van der Waals surface area contributed by atoms with Crippen LogP contribution in [0.1, 0.15) is 34.1 Å². The summed E-state index contributed by atoms with van der Waals surface area (Å²) in [6.45, 7) is -0.293. The van der Waals surface area contributed by atoms with Gasteiger partial charge in [0.05, 0.1) is 24.6 Å². The largest absolute Gasteiger partial charge is 0.467 e. The van der Waals surface area contributed by atoms with E-state index in [1.807, 2.05) is 12.1 Å². The van der Waals surface area contributed by atoms with E-state index in [0.717, 1.165) is 10.1 Å². The van der Waals surface area contributed by atoms with Gasteiger partial charge >= 0.3 is 5.97 Å². The maximum Gasteiger partial charge on any atom is 0.339 e. The Morgan fingerprint density at radius 2 is 1.97 bits per heavy atom. The first kappa shape index (κ1) is 20.6. The van der Waals surface area contributed by atoms with Crippen LogP contribution < -0.4 is 5.56 Å². The van der Waals surface area contributed by atoms with Crippen molar-refractivity contribution in [3.63, 3.8) is 0 Å². The number of carbonyl (C=O) groups excluding carboxylic acids is 2. The molecule has 3 aromatic rings. The molecule has 8 nitrogen and oxygen atoms in total. The lowest BCUT2D eigenvalue weighted by atomic mass is 10.0. The van der Waals surface area contributed by atoms with Crippen LogP contribution in [0.4, 0.5) is 0 Å². The van der Waals surface area contributed by atoms with Crippen LogP contribution in [0.25, 0.3) is 0 Å². The number of rotatable bonds is 5. The summed E-state index contributed by atoms with van der Waals surface area (Å²) in [5.74, 6) is -0.440. The number of furan rings is 1. The zero-order valence-corrected chi connectivity index (χ0v) is 17.3. The third-order valence-corrected chi connectivity index (χ3v) is 5.18. The van der Waals surface area contributed by atoms with Gasteiger partial charge in [-0.2, -0.15) is 5.10 Å². The van der Waals surface area contributed by atoms with Gasteiger partial charge in [-0.15, -0.1) is 0 Å². The molecule has 1 unspecified atom stereocenters. The summed E-state index contributed by atoms with van der Waals surface area (Å²) in [5, 5.41) is 6.43. The summed E-state index contributed by atoms with van der Waals surface area (Å²) >= 11 is 5.97. The molecule has 0 bridgehead atoms. The van der Waals surface area contributed by atoms with Gasteiger partial charge in [-0.25, -0.2) is 9.80 Å². The van der Waals surface area contributed by atoms with Crippen molar-refractivity contribution in [3.05, 3.63) is 93.3 Å². The Hall–Kier alpha value is -3.65. The predicted octanol–water partition coefficient (Wildman–Crippen LogP) is 3.26. The molecule has 0 aliphatic carbocycles. The minimum Gasteiger partial charge on any atom is -0.467 e. The number of hydrogen-bond donors (Lipinski definition) is 0. The second-order valence-electron chi connectivity index (χ2n) is 6.90. The summed E-state index contributed by atoms with van der Waals surface area (Å²) in [6, 6.07) is 12.8. The molecule has 1 amide bonds. The van der Waals surface area contributed by atoms with Crippen molar-refractivity contribution in [2.24, 2.45) is 5.10 Å². The molecular weight excluding hydrogens is 422 g/mol. The molecule has 1 aliphatic heterocycles. The molecule has 4 rings (SSSR count). The van der Waals surface area contributed by atoms with E-state index < -0.39 is 23.5 Å². The minimum absolute atomic E-state index is 0.171. The van der Waals surface area contributed by atoms with Gasteiger partial charge in [-0.05, 0) is 35.9 Å². The summed E-state index contributed by atoms with van der Waals surface area (Å²) < 4.78 is 11.4. The number of nitrogens with zero attached hydrogens (tertiary/aromatic N) is 3. The molecule has 0 saturated heterocycles. The number of pyridine rings is 1. The maximum atomic E-state index is 13.1. The van der Waals surface area contributed by atoms with E-state index in [2.05, 4.69) is 9.84 Å². The monoisotopic (exact) mass is 439 g/mol. The lowest BCUT2D eigenvalue weighted by Gasteiger charge is -2.20. The van der Waals surface area contributed by atoms with Crippen LogP contribution in [-0.2, 0) is 16.1 Å². The minimum atomic E-state index is -0.598. The van der Waals surface area contributed by atoms with Crippen LogP contribution in [0.2, 0.25) is 5.02 Å². The van der Waals surface area contributed by atoms with Crippen molar-refractivity contribution in [1.29, 1.82) is 0 Å². The molecule has 31 heavy (non-hydrogen) atoms. The third-order valence-electron chi connectivity index (χ3n) is 4.93. The molecule has 0 N–H and O–H groups in total. The normalized spacial score (nSPS) is 15.6. The van der Waals surface area contributed by atoms with Gasteiger partial charge in [-0.3, -0.25) is 9.59 Å². The lowest BCUT2D eigenvalue weighted by Crippen LogP contribution is -2.33. The summed E-state index contributed by atoms with van der Waals surface area (Å²) in [7, 11) is 1.24. The van der Waals surface area contributed by atoms with Crippen LogP contribution in [0.3, 0.4) is 0 Å². The fraction of sp³-hybridized carbons (Fsp3) is 0.182. The van der Waals surface area contributed by atoms with Gasteiger partial charge in [0.25, 0.3) is 11.5 Å². The van der Waals surface area contributed by atoms with Gasteiger partial charge in [0.1, 0.15) is 18.3 Å². The van der Waals surface area contributed by atoms with Crippen molar-refractivity contribution in [1.82, 2.24) is 9.58 Å². The molecule has 3 heterocycles. The molecule has 0 radical (unpaired) electrons. The number of methoxy groups -OCH3 is 1. The molecule has 1 atom stereocenters. The molecule has 2 aromatic heterocycles. The number of aromatic nitrogens is 1. The first-order valence-electron chi connectivity index (χ1n) is 9.44. The van der Waals surface area contributed by atoms with E-state index in [1.54, 1.807) is 24.3 Å². The van der Waals surface area contributed by atoms with Crippen molar-refractivity contribution >= 4 is 29.2 Å². The highest BCUT2D eigenvalue weighted by molar-refractivity contribution is 6.30. The smallest absolute Gasteiger partial charge is 0.339 e. The number of esters is 1. The zero-order valence-electron chi connectivity index (χ0n) is 16.5. The summed E-state index contributed by atoms with van der Waals surface area (Å²) in [6.07, 6.45) is 3.27. The first-order valence-corrected chi connectivity index (χ1v) is 9.82. The number of ether oxygens (including phenoxy) is 1. The van der Waals surface area contributed by atoms with E-state index in [4.69, 9.17) is 16.0 Å². The molecular formula is C22H18ClN3O5. The molecule has 158 valence electrons. The van der Waals surface area contributed by atoms with Gasteiger partial charge in [0.2, 0.25) is 0 Å². The predicted molar refractivity (Wildman–Crippen MR) is 113 cm³/mol. The SMILES string of the molecule is COC(=O)c1ccc(=O)n(CC(=O)N2N=C(c3ccc(Cl)cc3)CC2c2ccco2)c1. The van der Waals surface area contributed by atoms with Crippen molar-refractivity contribution < 1.29 is 18.7 Å². The van der Waals surface area contributed by atoms with E-state index >= 15 is 0 Å². The van der Waals surface area contributed by atoms with Crippen molar-refractivity contribution in [2.75, 3.05) is 7.11 Å². The Balaban J connectivity index is 1.64. The van der Waals surface area contributed by atoms with E-state index in [0.29, 0.717) is 22.9 Å². The quantitative estimate of drug-likeness (QED) is 0.569. The Bertz CT molecular complexity index is 1200. The number of carbonyl (C=O) groups is 2. The molecule has 0 saturated carbocycles. The number of hydrazone groups is 1. The Labute approximate surface area is 182 Å². The highest BCUT2D eigenvalue weighted by atomic mass is 35.5. The zero-order chi connectivity index (χ0) is 22.0. The highest BCUT2D eigenvalue weighted by Crippen LogP contribution is 2.33. The highest BCUT2D eigenvalue weighted by Gasteiger charge is 2.35. The van der Waals surface area contributed by atoms with Crippen LogP contribution in [0.5, 0.6) is 0 Å². The fourth-order valence-corrected chi connectivity index (χ4v) is 3.50. The van der Waals surface area contributed by atoms with Gasteiger partial charge in [0, 0.05) is 23.7 Å². The van der Waals surface area contributed by atoms with E-state index in [-0.39, 0.29) is 12.1 Å². The number of amides is 1. The Kier molecular flexibility index (Phi) is 5.73. The topological polar surface area (TPSA) is 94.1 Å². The third kappa shape index (κ3) is 4.29. The lowest BCUT2D eigenvalue weighted by molar-refractivity contribution is -0.134. The summed E-state index contributed by atoms with van der Waals surface area (Å²) in [5.41, 5.74) is 1.28. The van der Waals surface area contributed by atoms with Crippen molar-refractivity contribution in [3.8, 4) is 0 Å². The van der Waals surface area contributed by atoms with E-state index in [9.17, 15) is 14.4 Å². The Morgan fingerprint density at radius 3 is 2.65 bits per heavy atom.